The fourth-order valence-electron chi connectivity index (χ4n) is 5.30. The van der Waals surface area contributed by atoms with E-state index in [1.807, 2.05) is 37.8 Å². The molecule has 5 nitrogen and oxygen atoms in total. The Morgan fingerprint density at radius 1 is 1.16 bits per heavy atom. The van der Waals surface area contributed by atoms with Crippen molar-refractivity contribution in [3.8, 4) is 11.1 Å². The van der Waals surface area contributed by atoms with E-state index in [0.29, 0.717) is 22.6 Å². The van der Waals surface area contributed by atoms with E-state index in [1.165, 1.54) is 11.3 Å². The van der Waals surface area contributed by atoms with Crippen molar-refractivity contribution in [1.82, 2.24) is 4.90 Å². The van der Waals surface area contributed by atoms with E-state index in [2.05, 4.69) is 22.3 Å². The molecule has 3 heterocycles. The Bertz CT molecular complexity index is 1070. The van der Waals surface area contributed by atoms with E-state index in [4.69, 9.17) is 27.9 Å². The standard InChI is InChI=1S/C25H29Cl2N3O2/c1-25(2,3)32-24(31)29-10-7-22-19(14-29)18-11-15(17-6-5-16(26)13-20(17)27)12-21-23(18)30(22)9-4-8-28-21/h5-6,11-13,19,22,28H,4,7-10,14H2,1-3H3/t19-,22-/m0/s1. The van der Waals surface area contributed by atoms with Crippen molar-refractivity contribution in [3.63, 3.8) is 0 Å². The number of amides is 1. The van der Waals surface area contributed by atoms with Gasteiger partial charge in [-0.1, -0.05) is 29.3 Å². The monoisotopic (exact) mass is 473 g/mol. The molecule has 32 heavy (non-hydrogen) atoms. The second-order valence-electron chi connectivity index (χ2n) is 9.95. The van der Waals surface area contributed by atoms with E-state index >= 15 is 0 Å². The first-order valence-electron chi connectivity index (χ1n) is 11.3. The zero-order valence-corrected chi connectivity index (χ0v) is 20.3. The molecular weight excluding hydrogens is 445 g/mol. The Morgan fingerprint density at radius 2 is 1.97 bits per heavy atom. The van der Waals surface area contributed by atoms with E-state index in [1.54, 1.807) is 6.07 Å². The minimum atomic E-state index is -0.496. The number of benzene rings is 2. The predicted molar refractivity (Wildman–Crippen MR) is 131 cm³/mol. The van der Waals surface area contributed by atoms with Crippen molar-refractivity contribution in [3.05, 3.63) is 45.9 Å². The summed E-state index contributed by atoms with van der Waals surface area (Å²) in [5.41, 5.74) is 5.28. The summed E-state index contributed by atoms with van der Waals surface area (Å²) in [6.07, 6.45) is 1.80. The van der Waals surface area contributed by atoms with E-state index in [-0.39, 0.29) is 12.0 Å². The molecule has 3 aliphatic rings. The normalized spacial score (nSPS) is 22.0. The number of likely N-dealkylation sites (tertiary alicyclic amines) is 1. The highest BCUT2D eigenvalue weighted by Gasteiger charge is 2.45. The molecule has 0 unspecified atom stereocenters. The Balaban J connectivity index is 1.55. The van der Waals surface area contributed by atoms with Crippen molar-refractivity contribution in [2.24, 2.45) is 0 Å². The molecule has 0 saturated carbocycles. The summed E-state index contributed by atoms with van der Waals surface area (Å²) < 4.78 is 5.67. The highest BCUT2D eigenvalue weighted by atomic mass is 35.5. The van der Waals surface area contributed by atoms with Gasteiger partial charge in [0, 0.05) is 53.7 Å². The molecule has 0 aliphatic carbocycles. The van der Waals surface area contributed by atoms with E-state index in [0.717, 1.165) is 49.3 Å². The second kappa shape index (κ2) is 8.03. The largest absolute Gasteiger partial charge is 0.444 e. The highest BCUT2D eigenvalue weighted by Crippen LogP contribution is 2.51. The zero-order valence-electron chi connectivity index (χ0n) is 18.8. The molecule has 170 valence electrons. The first-order valence-corrected chi connectivity index (χ1v) is 12.1. The third-order valence-corrected chi connectivity index (χ3v) is 7.14. The van der Waals surface area contributed by atoms with Gasteiger partial charge in [-0.15, -0.1) is 0 Å². The van der Waals surface area contributed by atoms with Gasteiger partial charge in [-0.25, -0.2) is 4.79 Å². The number of piperidine rings is 1. The minimum Gasteiger partial charge on any atom is -0.444 e. The molecule has 1 amide bonds. The molecule has 0 aromatic heterocycles. The Hall–Kier alpha value is -2.11. The van der Waals surface area contributed by atoms with Crippen LogP contribution in [-0.4, -0.2) is 48.8 Å². The Labute approximate surface area is 199 Å². The lowest BCUT2D eigenvalue weighted by atomic mass is 9.87. The van der Waals surface area contributed by atoms with Crippen LogP contribution in [-0.2, 0) is 4.74 Å². The van der Waals surface area contributed by atoms with Crippen LogP contribution in [0, 0.1) is 0 Å². The van der Waals surface area contributed by atoms with Crippen molar-refractivity contribution < 1.29 is 9.53 Å². The zero-order chi connectivity index (χ0) is 22.6. The van der Waals surface area contributed by atoms with Gasteiger partial charge in [0.1, 0.15) is 5.60 Å². The molecule has 2 aromatic carbocycles. The Kier molecular flexibility index (Phi) is 5.45. The van der Waals surface area contributed by atoms with Gasteiger partial charge >= 0.3 is 6.09 Å². The number of halogens is 2. The molecule has 2 atom stereocenters. The molecule has 5 rings (SSSR count). The molecule has 0 spiro atoms. The molecule has 7 heteroatoms. The van der Waals surface area contributed by atoms with Gasteiger partial charge < -0.3 is 19.9 Å². The number of ether oxygens (including phenoxy) is 1. The molecule has 1 N–H and O–H groups in total. The van der Waals surface area contributed by atoms with Crippen LogP contribution in [0.25, 0.3) is 11.1 Å². The lowest BCUT2D eigenvalue weighted by Gasteiger charge is -2.39. The van der Waals surface area contributed by atoms with Gasteiger partial charge in [-0.2, -0.15) is 0 Å². The van der Waals surface area contributed by atoms with E-state index in [9.17, 15) is 4.79 Å². The van der Waals surface area contributed by atoms with Crippen LogP contribution in [0.4, 0.5) is 16.2 Å². The van der Waals surface area contributed by atoms with E-state index < -0.39 is 5.60 Å². The minimum absolute atomic E-state index is 0.224. The number of anilines is 2. The number of fused-ring (bicyclic) bond motifs is 3. The number of nitrogens with one attached hydrogen (secondary N) is 1. The summed E-state index contributed by atoms with van der Waals surface area (Å²) in [5.74, 6) is 0.246. The van der Waals surface area contributed by atoms with Crippen molar-refractivity contribution in [2.45, 2.75) is 51.2 Å². The van der Waals surface area contributed by atoms with Gasteiger partial charge in [-0.05, 0) is 69.0 Å². The number of nitrogens with zero attached hydrogens (tertiary/aromatic N) is 2. The fraction of sp³-hybridized carbons (Fsp3) is 0.480. The summed E-state index contributed by atoms with van der Waals surface area (Å²) >= 11 is 12.7. The lowest BCUT2D eigenvalue weighted by Crippen LogP contribution is -2.49. The maximum absolute atomic E-state index is 12.8. The summed E-state index contributed by atoms with van der Waals surface area (Å²) in [6.45, 7) is 9.10. The first-order chi connectivity index (χ1) is 15.2. The quantitative estimate of drug-likeness (QED) is 0.520. The third-order valence-electron chi connectivity index (χ3n) is 6.59. The number of carbonyl (C=O) groups is 1. The van der Waals surface area contributed by atoms with Crippen molar-refractivity contribution >= 4 is 40.7 Å². The molecule has 0 radical (unpaired) electrons. The van der Waals surface area contributed by atoms with Gasteiger partial charge in [0.15, 0.2) is 0 Å². The smallest absolute Gasteiger partial charge is 0.410 e. The summed E-state index contributed by atoms with van der Waals surface area (Å²) in [7, 11) is 0. The van der Waals surface area contributed by atoms with Crippen molar-refractivity contribution in [1.29, 1.82) is 0 Å². The van der Waals surface area contributed by atoms with Crippen LogP contribution in [0.5, 0.6) is 0 Å². The average Bonchev–Trinajstić information content (AvgIpc) is 2.87. The van der Waals surface area contributed by atoms with Crippen LogP contribution < -0.4 is 10.2 Å². The third kappa shape index (κ3) is 3.90. The maximum atomic E-state index is 12.8. The topological polar surface area (TPSA) is 44.8 Å². The van der Waals surface area contributed by atoms with Crippen LogP contribution in [0.15, 0.2) is 30.3 Å². The molecule has 0 bridgehead atoms. The van der Waals surface area contributed by atoms with Gasteiger partial charge in [-0.3, -0.25) is 0 Å². The van der Waals surface area contributed by atoms with Gasteiger partial charge in [0.25, 0.3) is 0 Å². The first kappa shape index (κ1) is 21.7. The number of carbonyl (C=O) groups excluding carboxylic acids is 1. The molecule has 3 aliphatic heterocycles. The number of rotatable bonds is 1. The summed E-state index contributed by atoms with van der Waals surface area (Å²) in [4.78, 5) is 17.3. The summed E-state index contributed by atoms with van der Waals surface area (Å²) in [6, 6.07) is 10.5. The van der Waals surface area contributed by atoms with Crippen LogP contribution in [0.2, 0.25) is 10.0 Å². The van der Waals surface area contributed by atoms with Gasteiger partial charge in [0.05, 0.1) is 11.4 Å². The van der Waals surface area contributed by atoms with Gasteiger partial charge in [0.2, 0.25) is 0 Å². The molecule has 2 aromatic rings. The second-order valence-corrected chi connectivity index (χ2v) is 10.8. The van der Waals surface area contributed by atoms with Crippen molar-refractivity contribution in [2.75, 3.05) is 36.4 Å². The number of hydrogen-bond donors (Lipinski definition) is 1. The van der Waals surface area contributed by atoms with Crippen LogP contribution in [0.3, 0.4) is 0 Å². The predicted octanol–water partition coefficient (Wildman–Crippen LogP) is 6.39. The average molecular weight is 474 g/mol. The highest BCUT2D eigenvalue weighted by molar-refractivity contribution is 6.36. The molecule has 1 saturated heterocycles. The number of hydrogen-bond acceptors (Lipinski definition) is 4. The molecule has 1 fully saturated rings. The lowest BCUT2D eigenvalue weighted by molar-refractivity contribution is 0.0189. The summed E-state index contributed by atoms with van der Waals surface area (Å²) in [5, 5.41) is 4.91. The van der Waals surface area contributed by atoms with Crippen LogP contribution in [0.1, 0.15) is 45.1 Å². The fourth-order valence-corrected chi connectivity index (χ4v) is 5.82. The maximum Gasteiger partial charge on any atom is 0.410 e. The molecular formula is C25H29Cl2N3O2. The Morgan fingerprint density at radius 3 is 2.72 bits per heavy atom. The SMILES string of the molecule is CC(C)(C)OC(=O)N1CC[C@H]2[C@@H](C1)c1cc(-c3ccc(Cl)cc3Cl)cc3c1N2CCCN3. The van der Waals surface area contributed by atoms with Crippen LogP contribution >= 0.6 is 23.2 Å².